The van der Waals surface area contributed by atoms with Crippen molar-refractivity contribution in [3.8, 4) is 11.8 Å². The van der Waals surface area contributed by atoms with Crippen molar-refractivity contribution in [1.29, 1.82) is 5.26 Å². The number of rotatable bonds is 5. The second kappa shape index (κ2) is 7.02. The second-order valence-corrected chi connectivity index (χ2v) is 7.65. The van der Waals surface area contributed by atoms with Crippen LogP contribution >= 0.6 is 0 Å². The number of likely N-dealkylation sites (tertiary alicyclic amines) is 1. The molecule has 0 aromatic heterocycles. The summed E-state index contributed by atoms with van der Waals surface area (Å²) in [6.45, 7) is 4.34. The average molecular weight is 386 g/mol. The van der Waals surface area contributed by atoms with Crippen LogP contribution in [0.2, 0.25) is 0 Å². The summed E-state index contributed by atoms with van der Waals surface area (Å²) in [5.41, 5.74) is -3.91. The van der Waals surface area contributed by atoms with E-state index < -0.39 is 46.9 Å². The third-order valence-corrected chi connectivity index (χ3v) is 4.39. The Hall–Kier alpha value is -2.31. The number of carbonyl (C=O) groups excluding carboxylic acids is 1. The van der Waals surface area contributed by atoms with Crippen LogP contribution in [0.5, 0.6) is 5.75 Å². The summed E-state index contributed by atoms with van der Waals surface area (Å²) >= 11 is 0. The van der Waals surface area contributed by atoms with Crippen molar-refractivity contribution < 1.29 is 32.9 Å². The minimum atomic E-state index is -4.73. The first kappa shape index (κ1) is 21.0. The maximum absolute atomic E-state index is 13.1. The number of alkyl halides is 3. The van der Waals surface area contributed by atoms with E-state index in [1.54, 1.807) is 13.8 Å². The van der Waals surface area contributed by atoms with Crippen molar-refractivity contribution in [2.75, 3.05) is 19.7 Å². The number of nitrogens with zero attached hydrogens (tertiary/aromatic N) is 2. The Balaban J connectivity index is 2.29. The third kappa shape index (κ3) is 4.51. The maximum atomic E-state index is 13.1. The minimum absolute atomic E-state index is 0.132. The molecule has 1 aromatic rings. The first-order chi connectivity index (χ1) is 12.3. The lowest BCUT2D eigenvalue weighted by molar-refractivity contribution is -0.138. The number of aliphatic hydroxyl groups is 2. The molecule has 0 spiro atoms. The predicted molar refractivity (Wildman–Crippen MR) is 88.6 cm³/mol. The molecule has 0 bridgehead atoms. The molecule has 1 unspecified atom stereocenters. The van der Waals surface area contributed by atoms with E-state index in [0.717, 1.165) is 6.07 Å². The summed E-state index contributed by atoms with van der Waals surface area (Å²) in [4.78, 5) is 14.0. The Morgan fingerprint density at radius 3 is 2.56 bits per heavy atom. The number of aliphatic hydroxyl groups excluding tert-OH is 1. The summed E-state index contributed by atoms with van der Waals surface area (Å²) < 4.78 is 44.9. The summed E-state index contributed by atoms with van der Waals surface area (Å²) in [5.74, 6) is -0.671. The minimum Gasteiger partial charge on any atom is -0.480 e. The van der Waals surface area contributed by atoms with Crippen LogP contribution in [-0.4, -0.2) is 52.4 Å². The fourth-order valence-electron chi connectivity index (χ4n) is 3.02. The van der Waals surface area contributed by atoms with Gasteiger partial charge in [0.1, 0.15) is 11.4 Å². The van der Waals surface area contributed by atoms with Crippen LogP contribution in [0.4, 0.5) is 13.2 Å². The highest BCUT2D eigenvalue weighted by molar-refractivity contribution is 5.85. The number of benzene rings is 1. The smallest absolute Gasteiger partial charge is 0.417 e. The van der Waals surface area contributed by atoms with Gasteiger partial charge in [-0.05, 0) is 25.1 Å². The van der Waals surface area contributed by atoms with Crippen LogP contribution in [-0.2, 0) is 11.0 Å². The molecule has 1 heterocycles. The van der Waals surface area contributed by atoms with Gasteiger partial charge in [0, 0.05) is 12.0 Å². The first-order valence-electron chi connectivity index (χ1n) is 8.21. The van der Waals surface area contributed by atoms with Crippen LogP contribution in [0.1, 0.15) is 31.9 Å². The summed E-state index contributed by atoms with van der Waals surface area (Å²) in [6.07, 6.45) is -5.80. The van der Waals surface area contributed by atoms with Crippen molar-refractivity contribution in [2.24, 2.45) is 5.41 Å². The largest absolute Gasteiger partial charge is 0.480 e. The normalized spacial score (nSPS) is 21.7. The highest BCUT2D eigenvalue weighted by Crippen LogP contribution is 2.38. The zero-order valence-electron chi connectivity index (χ0n) is 15.2. The molecule has 1 amide bonds. The van der Waals surface area contributed by atoms with E-state index >= 15 is 0 Å². The van der Waals surface area contributed by atoms with E-state index in [-0.39, 0.29) is 18.8 Å². The summed E-state index contributed by atoms with van der Waals surface area (Å²) in [7, 11) is 0. The lowest BCUT2D eigenvalue weighted by Crippen LogP contribution is -2.45. The van der Waals surface area contributed by atoms with Gasteiger partial charge in [0.2, 0.25) is 0 Å². The van der Waals surface area contributed by atoms with Gasteiger partial charge in [-0.15, -0.1) is 0 Å². The SMILES string of the molecule is CC(O)(CO)CN1CC(C)(C)[C@@H](Oc2ccc(C#N)c(C(F)(F)F)c2)C1=O. The summed E-state index contributed by atoms with van der Waals surface area (Å²) in [6, 6.07) is 4.40. The van der Waals surface area contributed by atoms with Gasteiger partial charge < -0.3 is 19.8 Å². The molecule has 27 heavy (non-hydrogen) atoms. The zero-order chi connectivity index (χ0) is 20.6. The number of carbonyl (C=O) groups is 1. The Bertz CT molecular complexity index is 769. The molecule has 1 aromatic carbocycles. The van der Waals surface area contributed by atoms with Gasteiger partial charge in [0.05, 0.1) is 30.3 Å². The fraction of sp³-hybridized carbons (Fsp3) is 0.556. The highest BCUT2D eigenvalue weighted by atomic mass is 19.4. The molecular formula is C18H21F3N2O4. The van der Waals surface area contributed by atoms with E-state index in [0.29, 0.717) is 6.07 Å². The van der Waals surface area contributed by atoms with Crippen LogP contribution in [0.25, 0.3) is 0 Å². The maximum Gasteiger partial charge on any atom is 0.417 e. The highest BCUT2D eigenvalue weighted by Gasteiger charge is 2.49. The number of ether oxygens (including phenoxy) is 1. The fourth-order valence-corrected chi connectivity index (χ4v) is 3.02. The van der Waals surface area contributed by atoms with E-state index in [9.17, 15) is 28.2 Å². The van der Waals surface area contributed by atoms with Crippen LogP contribution in [0.3, 0.4) is 0 Å². The molecule has 1 fully saturated rings. The Morgan fingerprint density at radius 2 is 2.04 bits per heavy atom. The van der Waals surface area contributed by atoms with Crippen molar-refractivity contribution in [3.63, 3.8) is 0 Å². The Morgan fingerprint density at radius 1 is 1.41 bits per heavy atom. The van der Waals surface area contributed by atoms with E-state index in [2.05, 4.69) is 0 Å². The molecule has 6 nitrogen and oxygen atoms in total. The van der Waals surface area contributed by atoms with E-state index in [1.165, 1.54) is 24.0 Å². The van der Waals surface area contributed by atoms with Crippen LogP contribution in [0, 0.1) is 16.7 Å². The van der Waals surface area contributed by atoms with Crippen LogP contribution < -0.4 is 4.74 Å². The molecule has 148 valence electrons. The molecule has 2 rings (SSSR count). The number of hydrogen-bond acceptors (Lipinski definition) is 5. The van der Waals surface area contributed by atoms with Crippen molar-refractivity contribution >= 4 is 5.91 Å². The molecule has 0 radical (unpaired) electrons. The number of β-amino-alcohol motifs (C(OH)–C–C–N with tert-alkyl or cyclic N) is 1. The lowest BCUT2D eigenvalue weighted by Gasteiger charge is -2.27. The molecular weight excluding hydrogens is 365 g/mol. The number of halogens is 3. The third-order valence-electron chi connectivity index (χ3n) is 4.39. The van der Waals surface area contributed by atoms with Gasteiger partial charge in [-0.25, -0.2) is 0 Å². The second-order valence-electron chi connectivity index (χ2n) is 7.65. The first-order valence-corrected chi connectivity index (χ1v) is 8.21. The molecule has 1 saturated heterocycles. The molecule has 9 heteroatoms. The predicted octanol–water partition coefficient (Wildman–Crippen LogP) is 1.94. The number of amides is 1. The van der Waals surface area contributed by atoms with Crippen LogP contribution in [0.15, 0.2) is 18.2 Å². The average Bonchev–Trinajstić information content (AvgIpc) is 2.76. The monoisotopic (exact) mass is 386 g/mol. The standard InChI is InChI=1S/C18H21F3N2O4/c1-16(2)8-23(9-17(3,26)10-24)15(25)14(16)27-12-5-4-11(7-22)13(6-12)18(19,20)21/h4-6,14,24,26H,8-10H2,1-3H3/t14-,17?/m0/s1. The zero-order valence-corrected chi connectivity index (χ0v) is 15.2. The number of hydrogen-bond donors (Lipinski definition) is 2. The van der Waals surface area contributed by atoms with E-state index in [4.69, 9.17) is 10.00 Å². The molecule has 0 saturated carbocycles. The lowest BCUT2D eigenvalue weighted by atomic mass is 9.89. The van der Waals surface area contributed by atoms with Gasteiger partial charge in [-0.2, -0.15) is 18.4 Å². The van der Waals surface area contributed by atoms with Gasteiger partial charge in [-0.3, -0.25) is 4.79 Å². The summed E-state index contributed by atoms with van der Waals surface area (Å²) in [5, 5.41) is 28.0. The van der Waals surface area contributed by atoms with Crippen molar-refractivity contribution in [2.45, 2.75) is 38.7 Å². The topological polar surface area (TPSA) is 93.8 Å². The number of nitriles is 1. The Labute approximate surface area is 154 Å². The Kier molecular flexibility index (Phi) is 5.46. The van der Waals surface area contributed by atoms with Crippen molar-refractivity contribution in [1.82, 2.24) is 4.90 Å². The molecule has 2 N–H and O–H groups in total. The van der Waals surface area contributed by atoms with Gasteiger partial charge in [-0.1, -0.05) is 13.8 Å². The molecule has 1 aliphatic heterocycles. The quantitative estimate of drug-likeness (QED) is 0.807. The molecule has 0 aliphatic carbocycles. The van der Waals surface area contributed by atoms with Gasteiger partial charge in [0.25, 0.3) is 5.91 Å². The molecule has 2 atom stereocenters. The van der Waals surface area contributed by atoms with Gasteiger partial charge in [0.15, 0.2) is 6.10 Å². The van der Waals surface area contributed by atoms with Crippen molar-refractivity contribution in [3.05, 3.63) is 29.3 Å². The van der Waals surface area contributed by atoms with Gasteiger partial charge >= 0.3 is 6.18 Å². The van der Waals surface area contributed by atoms with E-state index in [1.807, 2.05) is 0 Å². The molecule has 1 aliphatic rings.